The predicted octanol–water partition coefficient (Wildman–Crippen LogP) is 5.55. The van der Waals surface area contributed by atoms with Crippen molar-refractivity contribution in [3.63, 3.8) is 0 Å². The van der Waals surface area contributed by atoms with Crippen molar-refractivity contribution >= 4 is 34.2 Å². The van der Waals surface area contributed by atoms with E-state index in [0.29, 0.717) is 0 Å². The maximum absolute atomic E-state index is 11.4. The fraction of sp³-hybridized carbons (Fsp3) is 0.111. The first kappa shape index (κ1) is 14.9. The summed E-state index contributed by atoms with van der Waals surface area (Å²) in [7, 11) is 0. The summed E-state index contributed by atoms with van der Waals surface area (Å²) >= 11 is 3.02. The molecule has 3 rings (SSSR count). The number of benzene rings is 1. The zero-order valence-corrected chi connectivity index (χ0v) is 13.9. The van der Waals surface area contributed by atoms with E-state index in [4.69, 9.17) is 0 Å². The molecule has 1 aromatic carbocycles. The molecule has 4 heteroatoms. The average molecular weight is 326 g/mol. The third kappa shape index (κ3) is 2.93. The number of thiophene rings is 2. The van der Waals surface area contributed by atoms with E-state index in [-0.39, 0.29) is 11.6 Å². The lowest BCUT2D eigenvalue weighted by Crippen LogP contribution is -1.83. The maximum Gasteiger partial charge on any atom is 0.169 e. The first-order valence-electron chi connectivity index (χ1n) is 6.87. The minimum Gasteiger partial charge on any atom is -0.294 e. The molecule has 0 bridgehead atoms. The lowest BCUT2D eigenvalue weighted by atomic mass is 10.1. The number of hydrogen-bond acceptors (Lipinski definition) is 4. The number of carbonyl (C=O) groups is 2. The summed E-state index contributed by atoms with van der Waals surface area (Å²) in [4.78, 5) is 26.6. The highest BCUT2D eigenvalue weighted by molar-refractivity contribution is 7.17. The fourth-order valence-electron chi connectivity index (χ4n) is 2.19. The Morgan fingerprint density at radius 3 is 1.55 bits per heavy atom. The Morgan fingerprint density at radius 1 is 0.727 bits per heavy atom. The second-order valence-corrected chi connectivity index (χ2v) is 7.19. The molecule has 0 spiro atoms. The van der Waals surface area contributed by atoms with Crippen LogP contribution in [0.4, 0.5) is 0 Å². The molecule has 2 aromatic heterocycles. The molecule has 0 fully saturated rings. The molecule has 0 saturated carbocycles. The van der Waals surface area contributed by atoms with Crippen molar-refractivity contribution in [1.82, 2.24) is 0 Å². The van der Waals surface area contributed by atoms with Gasteiger partial charge in [0.2, 0.25) is 0 Å². The van der Waals surface area contributed by atoms with Crippen LogP contribution in [0.25, 0.3) is 20.9 Å². The molecule has 0 amide bonds. The molecular formula is C18H14O2S2. The highest BCUT2D eigenvalue weighted by Crippen LogP contribution is 2.34. The predicted molar refractivity (Wildman–Crippen MR) is 93.1 cm³/mol. The molecule has 3 aromatic rings. The van der Waals surface area contributed by atoms with Crippen LogP contribution in [0.3, 0.4) is 0 Å². The number of ketones is 2. The van der Waals surface area contributed by atoms with Gasteiger partial charge in [-0.1, -0.05) is 18.2 Å². The van der Waals surface area contributed by atoms with Crippen molar-refractivity contribution in [2.75, 3.05) is 0 Å². The van der Waals surface area contributed by atoms with E-state index < -0.39 is 0 Å². The summed E-state index contributed by atoms with van der Waals surface area (Å²) in [5.41, 5.74) is 2.18. The Balaban J connectivity index is 1.97. The Bertz CT molecular complexity index is 788. The van der Waals surface area contributed by atoms with Gasteiger partial charge < -0.3 is 0 Å². The fourth-order valence-corrected chi connectivity index (χ4v) is 3.99. The van der Waals surface area contributed by atoms with Crippen LogP contribution in [-0.2, 0) is 0 Å². The van der Waals surface area contributed by atoms with Crippen molar-refractivity contribution in [3.8, 4) is 20.9 Å². The second-order valence-electron chi connectivity index (χ2n) is 5.02. The Labute approximate surface area is 137 Å². The number of hydrogen-bond donors (Lipinski definition) is 0. The zero-order chi connectivity index (χ0) is 15.7. The Hall–Kier alpha value is -2.04. The molecule has 0 atom stereocenters. The van der Waals surface area contributed by atoms with E-state index in [2.05, 4.69) is 6.07 Å². The van der Waals surface area contributed by atoms with Crippen molar-refractivity contribution in [3.05, 3.63) is 58.3 Å². The third-order valence-corrected chi connectivity index (χ3v) is 5.81. The molecule has 0 saturated heterocycles. The molecule has 0 aliphatic heterocycles. The van der Waals surface area contributed by atoms with Gasteiger partial charge in [0.15, 0.2) is 11.6 Å². The standard InChI is InChI=1S/C18H14O2S2/c1-11(19)15-6-8-17(21-15)13-4-3-5-14(10-13)18-9-7-16(22-18)12(2)20/h3-10H,1-2H3. The van der Waals surface area contributed by atoms with E-state index in [1.54, 1.807) is 13.8 Å². The maximum atomic E-state index is 11.4. The molecule has 0 N–H and O–H groups in total. The SMILES string of the molecule is CC(=O)c1ccc(-c2cccc(-c3ccc(C(C)=O)s3)c2)s1. The van der Waals surface area contributed by atoms with Crippen molar-refractivity contribution in [2.45, 2.75) is 13.8 Å². The van der Waals surface area contributed by atoms with Gasteiger partial charge in [0, 0.05) is 9.75 Å². The van der Waals surface area contributed by atoms with Gasteiger partial charge in [-0.25, -0.2) is 0 Å². The molecular weight excluding hydrogens is 312 g/mol. The van der Waals surface area contributed by atoms with Gasteiger partial charge in [0.25, 0.3) is 0 Å². The molecule has 22 heavy (non-hydrogen) atoms. The minimum atomic E-state index is 0.0942. The number of rotatable bonds is 4. The van der Waals surface area contributed by atoms with Gasteiger partial charge in [-0.2, -0.15) is 0 Å². The van der Waals surface area contributed by atoms with Crippen LogP contribution in [0.1, 0.15) is 33.2 Å². The van der Waals surface area contributed by atoms with Crippen LogP contribution in [0.15, 0.2) is 48.5 Å². The van der Waals surface area contributed by atoms with Gasteiger partial charge in [0.1, 0.15) is 0 Å². The summed E-state index contributed by atoms with van der Waals surface area (Å²) in [6, 6.07) is 15.9. The summed E-state index contributed by atoms with van der Waals surface area (Å²) < 4.78 is 0. The van der Waals surface area contributed by atoms with Gasteiger partial charge in [-0.3, -0.25) is 9.59 Å². The Morgan fingerprint density at radius 2 is 1.18 bits per heavy atom. The van der Waals surface area contributed by atoms with E-state index in [1.165, 1.54) is 22.7 Å². The average Bonchev–Trinajstić information content (AvgIpc) is 3.17. The smallest absolute Gasteiger partial charge is 0.169 e. The number of carbonyl (C=O) groups excluding carboxylic acids is 2. The van der Waals surface area contributed by atoms with Crippen LogP contribution in [0.2, 0.25) is 0 Å². The first-order chi connectivity index (χ1) is 10.5. The van der Waals surface area contributed by atoms with E-state index in [9.17, 15) is 9.59 Å². The monoisotopic (exact) mass is 326 g/mol. The van der Waals surface area contributed by atoms with Crippen molar-refractivity contribution in [2.24, 2.45) is 0 Å². The minimum absolute atomic E-state index is 0.0942. The van der Waals surface area contributed by atoms with Gasteiger partial charge in [-0.05, 0) is 55.3 Å². The lowest BCUT2D eigenvalue weighted by Gasteiger charge is -2.01. The highest BCUT2D eigenvalue weighted by Gasteiger charge is 2.09. The topological polar surface area (TPSA) is 34.1 Å². The zero-order valence-electron chi connectivity index (χ0n) is 12.3. The molecule has 0 radical (unpaired) electrons. The summed E-state index contributed by atoms with van der Waals surface area (Å²) in [6.07, 6.45) is 0. The lowest BCUT2D eigenvalue weighted by molar-refractivity contribution is 0.101. The largest absolute Gasteiger partial charge is 0.294 e. The third-order valence-electron chi connectivity index (χ3n) is 3.34. The molecule has 110 valence electrons. The van der Waals surface area contributed by atoms with Gasteiger partial charge in [0.05, 0.1) is 9.75 Å². The summed E-state index contributed by atoms with van der Waals surface area (Å²) in [5.74, 6) is 0.188. The Kier molecular flexibility index (Phi) is 4.05. The van der Waals surface area contributed by atoms with Crippen LogP contribution >= 0.6 is 22.7 Å². The molecule has 2 heterocycles. The molecule has 0 aliphatic rings. The summed E-state index contributed by atoms with van der Waals surface area (Å²) in [5, 5.41) is 0. The van der Waals surface area contributed by atoms with Gasteiger partial charge in [-0.15, -0.1) is 22.7 Å². The first-order valence-corrected chi connectivity index (χ1v) is 8.50. The van der Waals surface area contributed by atoms with Gasteiger partial charge >= 0.3 is 0 Å². The van der Waals surface area contributed by atoms with Crippen LogP contribution in [0, 0.1) is 0 Å². The van der Waals surface area contributed by atoms with E-state index in [0.717, 1.165) is 30.6 Å². The quantitative estimate of drug-likeness (QED) is 0.589. The molecule has 0 unspecified atom stereocenters. The van der Waals surface area contributed by atoms with E-state index >= 15 is 0 Å². The number of Topliss-reactive ketones (excluding diaryl/α,β-unsaturated/α-hetero) is 2. The van der Waals surface area contributed by atoms with E-state index in [1.807, 2.05) is 42.5 Å². The van der Waals surface area contributed by atoms with Crippen molar-refractivity contribution in [1.29, 1.82) is 0 Å². The highest BCUT2D eigenvalue weighted by atomic mass is 32.1. The van der Waals surface area contributed by atoms with Crippen LogP contribution in [0.5, 0.6) is 0 Å². The van der Waals surface area contributed by atoms with Crippen LogP contribution in [-0.4, -0.2) is 11.6 Å². The second kappa shape index (κ2) is 5.99. The summed E-state index contributed by atoms with van der Waals surface area (Å²) in [6.45, 7) is 3.17. The molecule has 0 aliphatic carbocycles. The van der Waals surface area contributed by atoms with Crippen molar-refractivity contribution < 1.29 is 9.59 Å². The molecule has 2 nitrogen and oxygen atoms in total. The normalized spacial score (nSPS) is 10.6. The van der Waals surface area contributed by atoms with Crippen LogP contribution < -0.4 is 0 Å².